The first-order valence-corrected chi connectivity index (χ1v) is 5.33. The van der Waals surface area contributed by atoms with Crippen LogP contribution in [0.15, 0.2) is 18.5 Å². The first-order valence-electron chi connectivity index (χ1n) is 5.33. The van der Waals surface area contributed by atoms with Crippen LogP contribution in [0.4, 0.5) is 0 Å². The van der Waals surface area contributed by atoms with Crippen LogP contribution in [-0.4, -0.2) is 20.2 Å². The molecule has 4 nitrogen and oxygen atoms in total. The average molecular weight is 216 g/mol. The van der Waals surface area contributed by atoms with Crippen LogP contribution in [0.3, 0.4) is 0 Å². The van der Waals surface area contributed by atoms with Gasteiger partial charge < -0.3 is 0 Å². The monoisotopic (exact) mass is 216 g/mol. The lowest BCUT2D eigenvalue weighted by atomic mass is 9.89. The summed E-state index contributed by atoms with van der Waals surface area (Å²) < 4.78 is 0. The zero-order valence-corrected chi connectivity index (χ0v) is 10.1. The predicted octanol–water partition coefficient (Wildman–Crippen LogP) is 2.47. The van der Waals surface area contributed by atoms with Gasteiger partial charge in [0, 0.05) is 23.4 Å². The van der Waals surface area contributed by atoms with E-state index in [0.29, 0.717) is 5.82 Å². The molecule has 0 amide bonds. The molecule has 4 heteroatoms. The van der Waals surface area contributed by atoms with Crippen LogP contribution < -0.4 is 0 Å². The maximum atomic E-state index is 4.36. The van der Waals surface area contributed by atoms with Crippen LogP contribution in [-0.2, 0) is 5.41 Å². The number of aromatic nitrogens is 4. The predicted molar refractivity (Wildman–Crippen MR) is 63.1 cm³/mol. The molecule has 2 aromatic heterocycles. The normalized spacial score (nSPS) is 11.8. The number of aromatic amines is 1. The molecule has 2 rings (SSSR count). The molecule has 0 aliphatic rings. The van der Waals surface area contributed by atoms with Crippen LogP contribution in [0.5, 0.6) is 0 Å². The zero-order valence-electron chi connectivity index (χ0n) is 10.1. The molecule has 0 saturated heterocycles. The molecule has 0 aromatic carbocycles. The van der Waals surface area contributed by atoms with E-state index in [2.05, 4.69) is 47.9 Å². The third kappa shape index (κ3) is 1.83. The lowest BCUT2D eigenvalue weighted by molar-refractivity contribution is 0.563. The van der Waals surface area contributed by atoms with E-state index in [9.17, 15) is 0 Å². The van der Waals surface area contributed by atoms with Gasteiger partial charge in [0.25, 0.3) is 0 Å². The Morgan fingerprint density at radius 2 is 1.75 bits per heavy atom. The van der Waals surface area contributed by atoms with E-state index in [1.807, 2.05) is 0 Å². The van der Waals surface area contributed by atoms with Gasteiger partial charge in [-0.2, -0.15) is 5.10 Å². The fourth-order valence-electron chi connectivity index (χ4n) is 1.77. The van der Waals surface area contributed by atoms with Crippen molar-refractivity contribution in [1.29, 1.82) is 0 Å². The lowest BCUT2D eigenvalue weighted by Crippen LogP contribution is -2.13. The topological polar surface area (TPSA) is 54.5 Å². The molecular weight excluding hydrogens is 200 g/mol. The summed E-state index contributed by atoms with van der Waals surface area (Å²) >= 11 is 0. The van der Waals surface area contributed by atoms with Gasteiger partial charge in [-0.25, -0.2) is 9.97 Å². The molecule has 0 saturated carbocycles. The summed E-state index contributed by atoms with van der Waals surface area (Å²) in [5, 5.41) is 7.38. The SMILES string of the molecule is Cc1c(C(C)(C)C)n[nH]c1-c1ncccn1. The van der Waals surface area contributed by atoms with Crippen LogP contribution in [0.25, 0.3) is 11.5 Å². The van der Waals surface area contributed by atoms with Gasteiger partial charge in [-0.15, -0.1) is 0 Å². The van der Waals surface area contributed by atoms with Crippen molar-refractivity contribution in [3.63, 3.8) is 0 Å². The fourth-order valence-corrected chi connectivity index (χ4v) is 1.77. The van der Waals surface area contributed by atoms with Crippen molar-refractivity contribution < 1.29 is 0 Å². The molecule has 0 bridgehead atoms. The fraction of sp³-hybridized carbons (Fsp3) is 0.417. The Balaban J connectivity index is 2.50. The summed E-state index contributed by atoms with van der Waals surface area (Å²) in [7, 11) is 0. The van der Waals surface area contributed by atoms with E-state index in [-0.39, 0.29) is 5.41 Å². The van der Waals surface area contributed by atoms with Crippen molar-refractivity contribution >= 4 is 0 Å². The standard InChI is InChI=1S/C12H16N4/c1-8-9(11-13-6-5-7-14-11)15-16-10(8)12(2,3)4/h5-7H,1-4H3,(H,15,16). The second-order valence-electron chi connectivity index (χ2n) is 4.89. The van der Waals surface area contributed by atoms with E-state index < -0.39 is 0 Å². The van der Waals surface area contributed by atoms with Gasteiger partial charge in [-0.3, -0.25) is 5.10 Å². The van der Waals surface area contributed by atoms with Crippen molar-refractivity contribution in [3.8, 4) is 11.5 Å². The molecule has 0 fully saturated rings. The number of hydrogen-bond acceptors (Lipinski definition) is 3. The summed E-state index contributed by atoms with van der Waals surface area (Å²) in [4.78, 5) is 8.45. The molecule has 0 unspecified atom stereocenters. The third-order valence-corrected chi connectivity index (χ3v) is 2.51. The van der Waals surface area contributed by atoms with Crippen molar-refractivity contribution in [2.45, 2.75) is 33.1 Å². The first-order chi connectivity index (χ1) is 7.50. The van der Waals surface area contributed by atoms with E-state index in [1.54, 1.807) is 18.5 Å². The lowest BCUT2D eigenvalue weighted by Gasteiger charge is -2.16. The minimum absolute atomic E-state index is 0.0353. The van der Waals surface area contributed by atoms with Crippen LogP contribution >= 0.6 is 0 Å². The molecule has 0 aliphatic carbocycles. The van der Waals surface area contributed by atoms with Gasteiger partial charge in [0.15, 0.2) is 5.82 Å². The summed E-state index contributed by atoms with van der Waals surface area (Å²) in [6.45, 7) is 8.49. The van der Waals surface area contributed by atoms with Gasteiger partial charge in [0.2, 0.25) is 0 Å². The average Bonchev–Trinajstić information content (AvgIpc) is 2.61. The third-order valence-electron chi connectivity index (χ3n) is 2.51. The number of rotatable bonds is 1. The molecule has 2 heterocycles. The number of nitrogens with zero attached hydrogens (tertiary/aromatic N) is 3. The van der Waals surface area contributed by atoms with Gasteiger partial charge in [-0.1, -0.05) is 20.8 Å². The van der Waals surface area contributed by atoms with Crippen LogP contribution in [0.1, 0.15) is 32.0 Å². The molecule has 0 spiro atoms. The Morgan fingerprint density at radius 3 is 2.25 bits per heavy atom. The summed E-state index contributed by atoms with van der Waals surface area (Å²) in [6, 6.07) is 1.81. The highest BCUT2D eigenvalue weighted by molar-refractivity contribution is 5.56. The molecule has 16 heavy (non-hydrogen) atoms. The number of hydrogen-bond donors (Lipinski definition) is 1. The Hall–Kier alpha value is -1.71. The molecule has 84 valence electrons. The quantitative estimate of drug-likeness (QED) is 0.796. The maximum Gasteiger partial charge on any atom is 0.177 e. The van der Waals surface area contributed by atoms with Crippen molar-refractivity contribution in [1.82, 2.24) is 20.2 Å². The van der Waals surface area contributed by atoms with E-state index in [1.165, 1.54) is 0 Å². The number of nitrogens with one attached hydrogen (secondary N) is 1. The molecule has 2 aromatic rings. The van der Waals surface area contributed by atoms with Crippen LogP contribution in [0.2, 0.25) is 0 Å². The van der Waals surface area contributed by atoms with Crippen molar-refractivity contribution in [3.05, 3.63) is 29.7 Å². The minimum atomic E-state index is 0.0353. The molecular formula is C12H16N4. The molecule has 0 radical (unpaired) electrons. The maximum absolute atomic E-state index is 4.36. The van der Waals surface area contributed by atoms with Crippen LogP contribution in [0, 0.1) is 6.92 Å². The Kier molecular flexibility index (Phi) is 2.50. The highest BCUT2D eigenvalue weighted by Gasteiger charge is 2.22. The molecule has 0 aliphatic heterocycles. The van der Waals surface area contributed by atoms with Crippen molar-refractivity contribution in [2.75, 3.05) is 0 Å². The van der Waals surface area contributed by atoms with Gasteiger partial charge in [0.05, 0.1) is 5.69 Å². The highest BCUT2D eigenvalue weighted by atomic mass is 15.1. The minimum Gasteiger partial charge on any atom is -0.274 e. The largest absolute Gasteiger partial charge is 0.274 e. The van der Waals surface area contributed by atoms with Crippen molar-refractivity contribution in [2.24, 2.45) is 0 Å². The summed E-state index contributed by atoms with van der Waals surface area (Å²) in [5.41, 5.74) is 3.13. The first kappa shape index (κ1) is 10.8. The van der Waals surface area contributed by atoms with E-state index in [4.69, 9.17) is 0 Å². The summed E-state index contributed by atoms with van der Waals surface area (Å²) in [5.74, 6) is 0.697. The van der Waals surface area contributed by atoms with Gasteiger partial charge >= 0.3 is 0 Å². The molecule has 0 atom stereocenters. The second-order valence-corrected chi connectivity index (χ2v) is 4.89. The Labute approximate surface area is 95.1 Å². The zero-order chi connectivity index (χ0) is 11.8. The van der Waals surface area contributed by atoms with Gasteiger partial charge in [-0.05, 0) is 13.0 Å². The summed E-state index contributed by atoms with van der Waals surface area (Å²) in [6.07, 6.45) is 3.47. The van der Waals surface area contributed by atoms with E-state index in [0.717, 1.165) is 17.0 Å². The Bertz CT molecular complexity index is 479. The molecule has 1 N–H and O–H groups in total. The van der Waals surface area contributed by atoms with E-state index >= 15 is 0 Å². The Morgan fingerprint density at radius 1 is 1.12 bits per heavy atom. The highest BCUT2D eigenvalue weighted by Crippen LogP contribution is 2.28. The number of H-pyrrole nitrogens is 1. The smallest absolute Gasteiger partial charge is 0.177 e. The van der Waals surface area contributed by atoms with Gasteiger partial charge in [0.1, 0.15) is 5.69 Å². The second kappa shape index (κ2) is 3.70.